The van der Waals surface area contributed by atoms with Crippen LogP contribution in [0.4, 0.5) is 0 Å². The lowest BCUT2D eigenvalue weighted by molar-refractivity contribution is -0.142. The Balaban J connectivity index is 5.43. The molecule has 52 heavy (non-hydrogen) atoms. The molecule has 0 saturated heterocycles. The molecule has 0 aromatic heterocycles. The molecule has 0 aliphatic carbocycles. The molecule has 292 valence electrons. The van der Waals surface area contributed by atoms with Gasteiger partial charge in [-0.2, -0.15) is 0 Å². The lowest BCUT2D eigenvalue weighted by Gasteiger charge is -2.26. The molecular formula is C29H49N11O12. The fourth-order valence-corrected chi connectivity index (χ4v) is 4.19. The van der Waals surface area contributed by atoms with Crippen LogP contribution in [0.1, 0.15) is 59.3 Å². The highest BCUT2D eigenvalue weighted by Gasteiger charge is 2.31. The van der Waals surface area contributed by atoms with E-state index in [-0.39, 0.29) is 25.7 Å². The average Bonchev–Trinajstić information content (AvgIpc) is 3.06. The summed E-state index contributed by atoms with van der Waals surface area (Å²) >= 11 is 0. The summed E-state index contributed by atoms with van der Waals surface area (Å²) in [6.45, 7) is 2.70. The molecule has 0 rings (SSSR count). The molecule has 10 amide bonds. The first-order chi connectivity index (χ1) is 24.2. The van der Waals surface area contributed by atoms with Gasteiger partial charge in [-0.3, -0.25) is 47.9 Å². The van der Waals surface area contributed by atoms with Crippen molar-refractivity contribution in [1.82, 2.24) is 37.2 Å². The zero-order valence-corrected chi connectivity index (χ0v) is 29.1. The van der Waals surface area contributed by atoms with Crippen molar-refractivity contribution >= 4 is 65.0 Å². The van der Waals surface area contributed by atoms with Crippen LogP contribution in [-0.4, -0.2) is 120 Å². The molecule has 0 aromatic rings. The third-order valence-electron chi connectivity index (χ3n) is 7.28. The van der Waals surface area contributed by atoms with Gasteiger partial charge in [-0.25, -0.2) is 4.79 Å². The number of nitrogens with one attached hydrogen (secondary N) is 7. The minimum Gasteiger partial charge on any atom is -0.480 e. The molecule has 0 saturated carbocycles. The first-order valence-electron chi connectivity index (χ1n) is 16.0. The predicted octanol–water partition coefficient (Wildman–Crippen LogP) is -6.84. The normalized spacial score (nSPS) is 14.0. The molecular weight excluding hydrogens is 694 g/mol. The smallest absolute Gasteiger partial charge is 0.326 e. The van der Waals surface area contributed by atoms with Crippen molar-refractivity contribution in [2.75, 3.05) is 19.6 Å². The summed E-state index contributed by atoms with van der Waals surface area (Å²) in [5.41, 5.74) is 20.5. The fraction of sp³-hybridized carbons (Fsp3) is 0.621. The Bertz CT molecular complexity index is 1360. The van der Waals surface area contributed by atoms with Gasteiger partial charge in [0.15, 0.2) is 0 Å². The van der Waals surface area contributed by atoms with Crippen LogP contribution in [0.2, 0.25) is 0 Å². The van der Waals surface area contributed by atoms with Gasteiger partial charge in [0.05, 0.1) is 26.1 Å². The third-order valence-corrected chi connectivity index (χ3v) is 7.28. The van der Waals surface area contributed by atoms with Crippen molar-refractivity contribution < 1.29 is 57.8 Å². The van der Waals surface area contributed by atoms with E-state index >= 15 is 0 Å². The van der Waals surface area contributed by atoms with E-state index in [0.29, 0.717) is 6.42 Å². The number of carbonyl (C=O) groups is 11. The zero-order valence-electron chi connectivity index (χ0n) is 29.1. The van der Waals surface area contributed by atoms with Crippen LogP contribution in [0.15, 0.2) is 0 Å². The number of hydrogen-bond donors (Lipinski definition) is 12. The van der Waals surface area contributed by atoms with Crippen LogP contribution >= 0.6 is 0 Å². The van der Waals surface area contributed by atoms with Gasteiger partial charge in [0.25, 0.3) is 0 Å². The second-order valence-electron chi connectivity index (χ2n) is 11.6. The molecule has 0 aliphatic heterocycles. The van der Waals surface area contributed by atoms with Crippen molar-refractivity contribution in [3.63, 3.8) is 0 Å². The monoisotopic (exact) mass is 743 g/mol. The molecule has 16 N–H and O–H groups in total. The Kier molecular flexibility index (Phi) is 20.9. The van der Waals surface area contributed by atoms with E-state index in [1.165, 1.54) is 6.92 Å². The Morgan fingerprint density at radius 3 is 1.56 bits per heavy atom. The second-order valence-corrected chi connectivity index (χ2v) is 11.6. The number of carboxylic acid groups (broad SMARTS) is 1. The third kappa shape index (κ3) is 18.8. The summed E-state index contributed by atoms with van der Waals surface area (Å²) in [5.74, 6) is -10.7. The van der Waals surface area contributed by atoms with E-state index in [1.54, 1.807) is 13.8 Å². The van der Waals surface area contributed by atoms with Gasteiger partial charge in [0.2, 0.25) is 59.1 Å². The van der Waals surface area contributed by atoms with Gasteiger partial charge in [0, 0.05) is 12.8 Å². The summed E-state index contributed by atoms with van der Waals surface area (Å²) in [7, 11) is 0. The Hall–Kier alpha value is -5.87. The maximum Gasteiger partial charge on any atom is 0.326 e. The van der Waals surface area contributed by atoms with Gasteiger partial charge >= 0.3 is 5.97 Å². The van der Waals surface area contributed by atoms with E-state index in [1.807, 2.05) is 0 Å². The van der Waals surface area contributed by atoms with Crippen molar-refractivity contribution in [3.05, 3.63) is 0 Å². The number of nitrogens with two attached hydrogens (primary N) is 4. The number of aliphatic carboxylic acids is 1. The number of primary amides is 3. The SMILES string of the molecule is CC[C@H](C)[C@H](NC(=O)CNC(=O)[C@H](CCC(N)=O)NC(=O)[C@H](CC(N)=O)NC(=O)CN)C(=O)N[C@@H](C)C(=O)NCC(=O)N[C@@H](CCC(N)=O)C(=O)O. The zero-order chi connectivity index (χ0) is 40.1. The summed E-state index contributed by atoms with van der Waals surface area (Å²) in [5, 5.41) is 25.1. The molecule has 0 spiro atoms. The van der Waals surface area contributed by atoms with E-state index in [0.717, 1.165) is 0 Å². The van der Waals surface area contributed by atoms with E-state index in [2.05, 4.69) is 37.2 Å². The van der Waals surface area contributed by atoms with Crippen LogP contribution in [0.25, 0.3) is 0 Å². The summed E-state index contributed by atoms with van der Waals surface area (Å²) in [6.07, 6.45) is -1.57. The minimum absolute atomic E-state index is 0.273. The largest absolute Gasteiger partial charge is 0.480 e. The minimum atomic E-state index is -1.51. The van der Waals surface area contributed by atoms with Crippen LogP contribution in [-0.2, 0) is 52.7 Å². The lowest BCUT2D eigenvalue weighted by atomic mass is 9.98. The first kappa shape index (κ1) is 46.1. The molecule has 23 heteroatoms. The van der Waals surface area contributed by atoms with Gasteiger partial charge in [-0.1, -0.05) is 20.3 Å². The highest BCUT2D eigenvalue weighted by molar-refractivity contribution is 5.97. The van der Waals surface area contributed by atoms with Crippen LogP contribution in [0.3, 0.4) is 0 Å². The first-order valence-corrected chi connectivity index (χ1v) is 16.0. The molecule has 0 aromatic carbocycles. The van der Waals surface area contributed by atoms with Crippen molar-refractivity contribution in [2.45, 2.75) is 89.5 Å². The molecule has 0 fully saturated rings. The topological polar surface area (TPSA) is 396 Å². The predicted molar refractivity (Wildman–Crippen MR) is 178 cm³/mol. The highest BCUT2D eigenvalue weighted by atomic mass is 16.4. The maximum absolute atomic E-state index is 13.1. The van der Waals surface area contributed by atoms with Crippen LogP contribution in [0.5, 0.6) is 0 Å². The van der Waals surface area contributed by atoms with Crippen molar-refractivity contribution in [1.29, 1.82) is 0 Å². The van der Waals surface area contributed by atoms with Crippen LogP contribution < -0.4 is 60.2 Å². The van der Waals surface area contributed by atoms with Crippen molar-refractivity contribution in [3.8, 4) is 0 Å². The summed E-state index contributed by atoms with van der Waals surface area (Å²) < 4.78 is 0. The molecule has 6 atom stereocenters. The average molecular weight is 744 g/mol. The molecule has 0 unspecified atom stereocenters. The van der Waals surface area contributed by atoms with E-state index < -0.39 is 127 Å². The number of amides is 10. The summed E-state index contributed by atoms with van der Waals surface area (Å²) in [6, 6.07) is -6.88. The van der Waals surface area contributed by atoms with Crippen molar-refractivity contribution in [2.24, 2.45) is 28.9 Å². The maximum atomic E-state index is 13.1. The Labute approximate surface area is 298 Å². The number of carbonyl (C=O) groups excluding carboxylic acids is 10. The quantitative estimate of drug-likeness (QED) is 0.0414. The highest BCUT2D eigenvalue weighted by Crippen LogP contribution is 2.09. The van der Waals surface area contributed by atoms with Gasteiger partial charge in [-0.15, -0.1) is 0 Å². The van der Waals surface area contributed by atoms with Gasteiger partial charge in [-0.05, 0) is 25.7 Å². The number of hydrogen-bond acceptors (Lipinski definition) is 12. The molecule has 0 heterocycles. The molecule has 0 bridgehead atoms. The van der Waals surface area contributed by atoms with Crippen LogP contribution in [0, 0.1) is 5.92 Å². The lowest BCUT2D eigenvalue weighted by Crippen LogP contribution is -2.58. The van der Waals surface area contributed by atoms with E-state index in [9.17, 15) is 57.8 Å². The van der Waals surface area contributed by atoms with E-state index in [4.69, 9.17) is 22.9 Å². The number of rotatable bonds is 25. The van der Waals surface area contributed by atoms with Gasteiger partial charge in [0.1, 0.15) is 30.2 Å². The second kappa shape index (κ2) is 23.5. The molecule has 23 nitrogen and oxygen atoms in total. The van der Waals surface area contributed by atoms with Gasteiger partial charge < -0.3 is 65.3 Å². The fourth-order valence-electron chi connectivity index (χ4n) is 4.19. The standard InChI is InChI=1S/C29H49N11O12/c1-4-13(2)24(28(50)36-14(3)25(47)34-11-22(45)37-16(29(51)52)6-8-19(32)42)40-23(46)12-35-26(48)15(5-7-18(31)41)39-27(49)17(9-20(33)43)38-21(44)10-30/h13-17,24H,4-12,30H2,1-3H3,(H2,31,41)(H2,32,42)(H2,33,43)(H,34,47)(H,35,48)(H,36,50)(H,37,45)(H,38,44)(H,39,49)(H,40,46)(H,51,52)/t13-,14-,15-,16-,17-,24-/m0/s1. The Morgan fingerprint density at radius 2 is 1.08 bits per heavy atom. The molecule has 0 aliphatic rings. The Morgan fingerprint density at radius 1 is 0.577 bits per heavy atom. The number of carboxylic acids is 1. The summed E-state index contributed by atoms with van der Waals surface area (Å²) in [4.78, 5) is 133. The molecule has 0 radical (unpaired) electrons.